The van der Waals surface area contributed by atoms with Gasteiger partial charge >= 0.3 is 0 Å². The van der Waals surface area contributed by atoms with E-state index >= 15 is 0 Å². The highest BCUT2D eigenvalue weighted by Crippen LogP contribution is 2.32. The number of hydrogen-bond donors (Lipinski definition) is 1. The quantitative estimate of drug-likeness (QED) is 0.563. The molecular weight excluding hydrogens is 364 g/mol. The zero-order chi connectivity index (χ0) is 17.3. The van der Waals surface area contributed by atoms with Crippen molar-refractivity contribution in [2.75, 3.05) is 24.6 Å². The van der Waals surface area contributed by atoms with Crippen LogP contribution < -0.4 is 4.74 Å². The SMILES string of the molecule is c1cnc2nc(Oc3ccc4c(CN5CCSCC5)c[nH]c4c3)sc2c1. The van der Waals surface area contributed by atoms with Crippen LogP contribution in [0.3, 0.4) is 0 Å². The number of nitrogens with one attached hydrogen (secondary N) is 1. The first-order chi connectivity index (χ1) is 12.8. The number of H-pyrrole nitrogens is 1. The van der Waals surface area contributed by atoms with Gasteiger partial charge in [-0.25, -0.2) is 4.98 Å². The number of nitrogens with zero attached hydrogens (tertiary/aromatic N) is 3. The lowest BCUT2D eigenvalue weighted by Crippen LogP contribution is -2.31. The van der Waals surface area contributed by atoms with Crippen molar-refractivity contribution in [3.8, 4) is 10.9 Å². The molecule has 5 rings (SSSR count). The summed E-state index contributed by atoms with van der Waals surface area (Å²) in [5.74, 6) is 3.26. The predicted molar refractivity (Wildman–Crippen MR) is 108 cm³/mol. The van der Waals surface area contributed by atoms with Crippen molar-refractivity contribution in [2.45, 2.75) is 6.54 Å². The summed E-state index contributed by atoms with van der Waals surface area (Å²) in [4.78, 5) is 14.6. The van der Waals surface area contributed by atoms with Crippen LogP contribution in [-0.2, 0) is 6.54 Å². The highest BCUT2D eigenvalue weighted by molar-refractivity contribution is 7.99. The Bertz CT molecular complexity index is 1020. The van der Waals surface area contributed by atoms with E-state index in [9.17, 15) is 0 Å². The summed E-state index contributed by atoms with van der Waals surface area (Å²) in [7, 11) is 0. The van der Waals surface area contributed by atoms with E-state index in [-0.39, 0.29) is 0 Å². The predicted octanol–water partition coefficient (Wildman–Crippen LogP) is 4.51. The summed E-state index contributed by atoms with van der Waals surface area (Å²) >= 11 is 3.56. The maximum absolute atomic E-state index is 5.96. The van der Waals surface area contributed by atoms with Crippen molar-refractivity contribution in [1.82, 2.24) is 19.9 Å². The molecular formula is C19H18N4OS2. The van der Waals surface area contributed by atoms with Crippen LogP contribution in [0.1, 0.15) is 5.56 Å². The first kappa shape index (κ1) is 16.1. The summed E-state index contributed by atoms with van der Waals surface area (Å²) in [6.45, 7) is 3.35. The first-order valence-electron chi connectivity index (χ1n) is 8.65. The fraction of sp³-hybridized carbons (Fsp3) is 0.263. The van der Waals surface area contributed by atoms with Gasteiger partial charge in [-0.05, 0) is 29.8 Å². The molecule has 4 heterocycles. The van der Waals surface area contributed by atoms with Gasteiger partial charge in [-0.3, -0.25) is 4.90 Å². The van der Waals surface area contributed by atoms with Gasteiger partial charge in [0.15, 0.2) is 5.65 Å². The fourth-order valence-corrected chi connectivity index (χ4v) is 5.03. The largest absolute Gasteiger partial charge is 0.431 e. The number of pyridine rings is 1. The number of thioether (sulfide) groups is 1. The molecule has 0 unspecified atom stereocenters. The molecule has 1 N–H and O–H groups in total. The lowest BCUT2D eigenvalue weighted by Gasteiger charge is -2.25. The highest BCUT2D eigenvalue weighted by atomic mass is 32.2. The van der Waals surface area contributed by atoms with Gasteiger partial charge in [-0.1, -0.05) is 11.3 Å². The summed E-state index contributed by atoms with van der Waals surface area (Å²) < 4.78 is 7.00. The molecule has 132 valence electrons. The number of ether oxygens (including phenoxy) is 1. The van der Waals surface area contributed by atoms with E-state index in [1.54, 1.807) is 6.20 Å². The van der Waals surface area contributed by atoms with E-state index < -0.39 is 0 Å². The molecule has 1 aromatic carbocycles. The Hall–Kier alpha value is -2.09. The van der Waals surface area contributed by atoms with E-state index in [1.807, 2.05) is 36.0 Å². The number of thiazole rings is 1. The Morgan fingerprint density at radius 3 is 3.00 bits per heavy atom. The van der Waals surface area contributed by atoms with E-state index in [2.05, 4.69) is 32.1 Å². The van der Waals surface area contributed by atoms with E-state index in [1.165, 1.54) is 46.9 Å². The lowest BCUT2D eigenvalue weighted by molar-refractivity contribution is 0.295. The first-order valence-corrected chi connectivity index (χ1v) is 10.6. The van der Waals surface area contributed by atoms with Gasteiger partial charge in [0.05, 0.1) is 4.70 Å². The molecule has 1 saturated heterocycles. The molecule has 0 bridgehead atoms. The molecule has 26 heavy (non-hydrogen) atoms. The van der Waals surface area contributed by atoms with Gasteiger partial charge in [0.1, 0.15) is 5.75 Å². The number of hydrogen-bond acceptors (Lipinski definition) is 6. The summed E-state index contributed by atoms with van der Waals surface area (Å²) in [6.07, 6.45) is 3.87. The molecule has 1 fully saturated rings. The zero-order valence-corrected chi connectivity index (χ0v) is 15.8. The topological polar surface area (TPSA) is 54.0 Å². The Morgan fingerprint density at radius 2 is 2.12 bits per heavy atom. The molecule has 7 heteroatoms. The Kier molecular flexibility index (Phi) is 4.28. The molecule has 1 aliphatic rings. The van der Waals surface area contributed by atoms with Crippen molar-refractivity contribution in [3.63, 3.8) is 0 Å². The maximum Gasteiger partial charge on any atom is 0.281 e. The van der Waals surface area contributed by atoms with Gasteiger partial charge < -0.3 is 9.72 Å². The minimum absolute atomic E-state index is 0.621. The molecule has 0 saturated carbocycles. The number of aromatic amines is 1. The van der Waals surface area contributed by atoms with Crippen molar-refractivity contribution in [1.29, 1.82) is 0 Å². The second kappa shape index (κ2) is 6.90. The summed E-state index contributed by atoms with van der Waals surface area (Å²) in [6, 6.07) is 10.1. The van der Waals surface area contributed by atoms with Crippen LogP contribution in [0, 0.1) is 0 Å². The van der Waals surface area contributed by atoms with Gasteiger partial charge in [0.2, 0.25) is 0 Å². The lowest BCUT2D eigenvalue weighted by atomic mass is 10.1. The van der Waals surface area contributed by atoms with E-state index in [4.69, 9.17) is 4.74 Å². The third-order valence-corrected chi connectivity index (χ3v) is 6.42. The van der Waals surface area contributed by atoms with Gasteiger partial charge in [0, 0.05) is 60.5 Å². The average Bonchev–Trinajstić information content (AvgIpc) is 3.26. The standard InChI is InChI=1S/C19H18N4OS2/c1-2-17-18(20-5-1)22-19(26-17)24-14-3-4-15-13(11-21-16(15)10-14)12-23-6-8-25-9-7-23/h1-5,10-11,21H,6-9,12H2. The van der Waals surface area contributed by atoms with Crippen LogP contribution in [-0.4, -0.2) is 44.4 Å². The van der Waals surface area contributed by atoms with Crippen LogP contribution in [0.4, 0.5) is 0 Å². The van der Waals surface area contributed by atoms with E-state index in [0.29, 0.717) is 5.19 Å². The van der Waals surface area contributed by atoms with Crippen LogP contribution in [0.5, 0.6) is 10.9 Å². The van der Waals surface area contributed by atoms with Crippen molar-refractivity contribution in [2.24, 2.45) is 0 Å². The number of rotatable bonds is 4. The smallest absolute Gasteiger partial charge is 0.281 e. The minimum atomic E-state index is 0.621. The monoisotopic (exact) mass is 382 g/mol. The number of fused-ring (bicyclic) bond motifs is 2. The van der Waals surface area contributed by atoms with Crippen molar-refractivity contribution >= 4 is 44.3 Å². The Morgan fingerprint density at radius 1 is 1.19 bits per heavy atom. The van der Waals surface area contributed by atoms with Crippen molar-refractivity contribution in [3.05, 3.63) is 48.3 Å². The van der Waals surface area contributed by atoms with Crippen LogP contribution >= 0.6 is 23.1 Å². The molecule has 0 radical (unpaired) electrons. The van der Waals surface area contributed by atoms with Crippen LogP contribution in [0.15, 0.2) is 42.7 Å². The highest BCUT2D eigenvalue weighted by Gasteiger charge is 2.14. The molecule has 0 aliphatic carbocycles. The molecule has 3 aromatic heterocycles. The van der Waals surface area contributed by atoms with Gasteiger partial charge in [-0.2, -0.15) is 16.7 Å². The number of benzene rings is 1. The zero-order valence-electron chi connectivity index (χ0n) is 14.1. The Labute approximate surface area is 159 Å². The minimum Gasteiger partial charge on any atom is -0.431 e. The summed E-state index contributed by atoms with van der Waals surface area (Å²) in [5.41, 5.74) is 3.18. The van der Waals surface area contributed by atoms with Gasteiger partial charge in [0.25, 0.3) is 5.19 Å². The molecule has 0 spiro atoms. The second-order valence-corrected chi connectivity index (χ2v) is 8.53. The fourth-order valence-electron chi connectivity index (χ4n) is 3.25. The molecule has 0 amide bonds. The third-order valence-electron chi connectivity index (χ3n) is 4.59. The molecule has 5 nitrogen and oxygen atoms in total. The molecule has 0 atom stereocenters. The second-order valence-electron chi connectivity index (χ2n) is 6.32. The van der Waals surface area contributed by atoms with Crippen LogP contribution in [0.2, 0.25) is 0 Å². The third kappa shape index (κ3) is 3.18. The van der Waals surface area contributed by atoms with Crippen LogP contribution in [0.25, 0.3) is 21.3 Å². The van der Waals surface area contributed by atoms with E-state index in [0.717, 1.165) is 28.2 Å². The Balaban J connectivity index is 1.38. The molecule has 1 aliphatic heterocycles. The summed E-state index contributed by atoms with van der Waals surface area (Å²) in [5, 5.41) is 1.89. The average molecular weight is 383 g/mol. The van der Waals surface area contributed by atoms with Crippen molar-refractivity contribution < 1.29 is 4.74 Å². The normalized spacial score (nSPS) is 15.7. The number of aromatic nitrogens is 3. The molecule has 4 aromatic rings. The maximum atomic E-state index is 5.96. The van der Waals surface area contributed by atoms with Gasteiger partial charge in [-0.15, -0.1) is 0 Å².